The minimum absolute atomic E-state index is 0.282. The topological polar surface area (TPSA) is 85.4 Å². The zero-order valence-electron chi connectivity index (χ0n) is 14.5. The summed E-state index contributed by atoms with van der Waals surface area (Å²) in [6.45, 7) is 1.04. The lowest BCUT2D eigenvalue weighted by Gasteiger charge is -2.23. The van der Waals surface area contributed by atoms with Crippen LogP contribution in [0.3, 0.4) is 0 Å². The van der Waals surface area contributed by atoms with Gasteiger partial charge in [-0.05, 0) is 25.0 Å². The number of ether oxygens (including phenoxy) is 2. The second kappa shape index (κ2) is 7.59. The van der Waals surface area contributed by atoms with Crippen LogP contribution in [0.25, 0.3) is 0 Å². The van der Waals surface area contributed by atoms with Gasteiger partial charge < -0.3 is 20.1 Å². The van der Waals surface area contributed by atoms with Crippen LogP contribution in [-0.2, 0) is 0 Å². The van der Waals surface area contributed by atoms with Crippen molar-refractivity contribution in [3.8, 4) is 11.5 Å². The molecule has 0 saturated heterocycles. The molecular weight excluding hydrogens is 332 g/mol. The van der Waals surface area contributed by atoms with Gasteiger partial charge in [0, 0.05) is 23.9 Å². The third-order valence-electron chi connectivity index (χ3n) is 4.66. The van der Waals surface area contributed by atoms with Gasteiger partial charge in [-0.2, -0.15) is 0 Å². The third-order valence-corrected chi connectivity index (χ3v) is 4.66. The number of nitrogens with one attached hydrogen (secondary N) is 2. The fraction of sp³-hybridized carbons (Fsp3) is 0.421. The first-order valence-electron chi connectivity index (χ1n) is 9.07. The molecule has 1 aliphatic carbocycles. The van der Waals surface area contributed by atoms with Crippen LogP contribution in [0.4, 0.5) is 11.5 Å². The van der Waals surface area contributed by atoms with E-state index in [4.69, 9.17) is 9.47 Å². The second-order valence-corrected chi connectivity index (χ2v) is 6.58. The van der Waals surface area contributed by atoms with Crippen LogP contribution < -0.4 is 20.1 Å². The zero-order chi connectivity index (χ0) is 17.8. The Kier molecular flexibility index (Phi) is 4.86. The SMILES string of the molecule is O=C(Nc1ccc2c(c1)OCCO2)c1cc(NC2CCCCC2)ncn1. The van der Waals surface area contributed by atoms with E-state index in [2.05, 4.69) is 20.6 Å². The lowest BCUT2D eigenvalue weighted by Crippen LogP contribution is -2.23. The highest BCUT2D eigenvalue weighted by atomic mass is 16.6. The standard InChI is InChI=1S/C19H22N4O3/c24-19(23-14-6-7-16-17(10-14)26-9-8-25-16)15-11-18(21-12-20-15)22-13-4-2-1-3-5-13/h6-7,10-13H,1-5,8-9H2,(H,23,24)(H,20,21,22). The molecule has 1 saturated carbocycles. The molecule has 2 aromatic rings. The Hall–Kier alpha value is -2.83. The van der Waals surface area contributed by atoms with Crippen molar-refractivity contribution < 1.29 is 14.3 Å². The predicted molar refractivity (Wildman–Crippen MR) is 97.9 cm³/mol. The number of carbonyl (C=O) groups is 1. The summed E-state index contributed by atoms with van der Waals surface area (Å²) in [6.07, 6.45) is 7.47. The Morgan fingerprint density at radius 3 is 2.65 bits per heavy atom. The van der Waals surface area contributed by atoms with E-state index in [0.717, 1.165) is 12.8 Å². The molecule has 1 aromatic heterocycles. The van der Waals surface area contributed by atoms with Gasteiger partial charge in [0.1, 0.15) is 31.1 Å². The first-order valence-corrected chi connectivity index (χ1v) is 9.07. The molecule has 2 N–H and O–H groups in total. The van der Waals surface area contributed by atoms with Crippen LogP contribution in [0.1, 0.15) is 42.6 Å². The molecule has 1 aromatic carbocycles. The summed E-state index contributed by atoms with van der Waals surface area (Å²) < 4.78 is 11.0. The van der Waals surface area contributed by atoms with Crippen molar-refractivity contribution in [2.24, 2.45) is 0 Å². The number of carbonyl (C=O) groups excluding carboxylic acids is 1. The van der Waals surface area contributed by atoms with Crippen molar-refractivity contribution in [1.82, 2.24) is 9.97 Å². The molecule has 4 rings (SSSR count). The fourth-order valence-corrected chi connectivity index (χ4v) is 3.33. The smallest absolute Gasteiger partial charge is 0.274 e. The highest BCUT2D eigenvalue weighted by Gasteiger charge is 2.16. The Labute approximate surface area is 152 Å². The number of hydrogen-bond acceptors (Lipinski definition) is 6. The molecule has 7 nitrogen and oxygen atoms in total. The summed E-state index contributed by atoms with van der Waals surface area (Å²) in [5, 5.41) is 6.26. The number of fused-ring (bicyclic) bond motifs is 1. The zero-order valence-corrected chi connectivity index (χ0v) is 14.5. The first-order chi connectivity index (χ1) is 12.8. The second-order valence-electron chi connectivity index (χ2n) is 6.58. The molecule has 0 bridgehead atoms. The van der Waals surface area contributed by atoms with E-state index in [0.29, 0.717) is 48.0 Å². The molecule has 0 atom stereocenters. The van der Waals surface area contributed by atoms with Gasteiger partial charge in [-0.15, -0.1) is 0 Å². The molecular formula is C19H22N4O3. The van der Waals surface area contributed by atoms with E-state index in [1.54, 1.807) is 24.3 Å². The van der Waals surface area contributed by atoms with Crippen LogP contribution in [0, 0.1) is 0 Å². The molecule has 136 valence electrons. The van der Waals surface area contributed by atoms with Gasteiger partial charge in [0.2, 0.25) is 0 Å². The van der Waals surface area contributed by atoms with E-state index >= 15 is 0 Å². The van der Waals surface area contributed by atoms with Gasteiger partial charge in [0.05, 0.1) is 0 Å². The first kappa shape index (κ1) is 16.6. The van der Waals surface area contributed by atoms with Crippen molar-refractivity contribution in [2.75, 3.05) is 23.8 Å². The number of anilines is 2. The van der Waals surface area contributed by atoms with E-state index in [1.807, 2.05) is 0 Å². The van der Waals surface area contributed by atoms with Gasteiger partial charge in [-0.1, -0.05) is 19.3 Å². The Bertz CT molecular complexity index is 790. The van der Waals surface area contributed by atoms with E-state index in [-0.39, 0.29) is 5.91 Å². The quantitative estimate of drug-likeness (QED) is 0.877. The van der Waals surface area contributed by atoms with Crippen molar-refractivity contribution in [2.45, 2.75) is 38.1 Å². The summed E-state index contributed by atoms with van der Waals surface area (Å²) in [4.78, 5) is 20.9. The molecule has 2 aliphatic rings. The lowest BCUT2D eigenvalue weighted by molar-refractivity contribution is 0.102. The molecule has 0 unspecified atom stereocenters. The van der Waals surface area contributed by atoms with Crippen LogP contribution in [-0.4, -0.2) is 35.1 Å². The van der Waals surface area contributed by atoms with Crippen LogP contribution in [0.2, 0.25) is 0 Å². The van der Waals surface area contributed by atoms with E-state index in [9.17, 15) is 4.79 Å². The fourth-order valence-electron chi connectivity index (χ4n) is 3.33. The summed E-state index contributed by atoms with van der Waals surface area (Å²) in [5.41, 5.74) is 0.966. The molecule has 1 amide bonds. The molecule has 0 spiro atoms. The molecule has 0 radical (unpaired) electrons. The number of amides is 1. The number of nitrogens with zero attached hydrogens (tertiary/aromatic N) is 2. The van der Waals surface area contributed by atoms with Gasteiger partial charge in [-0.25, -0.2) is 9.97 Å². The number of rotatable bonds is 4. The van der Waals surface area contributed by atoms with Gasteiger partial charge in [0.15, 0.2) is 11.5 Å². The van der Waals surface area contributed by atoms with Crippen molar-refractivity contribution >= 4 is 17.4 Å². The highest BCUT2D eigenvalue weighted by Crippen LogP contribution is 2.32. The molecule has 1 fully saturated rings. The molecule has 1 aliphatic heterocycles. The predicted octanol–water partition coefficient (Wildman–Crippen LogP) is 3.24. The average Bonchev–Trinajstić information content (AvgIpc) is 2.69. The maximum Gasteiger partial charge on any atom is 0.274 e. The highest BCUT2D eigenvalue weighted by molar-refractivity contribution is 6.03. The molecule has 26 heavy (non-hydrogen) atoms. The van der Waals surface area contributed by atoms with Crippen molar-refractivity contribution in [1.29, 1.82) is 0 Å². The summed E-state index contributed by atoms with van der Waals surface area (Å²) in [5.74, 6) is 1.74. The monoisotopic (exact) mass is 354 g/mol. The summed E-state index contributed by atoms with van der Waals surface area (Å²) in [6, 6.07) is 7.46. The summed E-state index contributed by atoms with van der Waals surface area (Å²) >= 11 is 0. The lowest BCUT2D eigenvalue weighted by atomic mass is 9.95. The number of benzene rings is 1. The largest absolute Gasteiger partial charge is 0.486 e. The third kappa shape index (κ3) is 3.87. The summed E-state index contributed by atoms with van der Waals surface area (Å²) in [7, 11) is 0. The van der Waals surface area contributed by atoms with Crippen LogP contribution in [0.5, 0.6) is 11.5 Å². The van der Waals surface area contributed by atoms with Crippen molar-refractivity contribution in [3.05, 3.63) is 36.3 Å². The normalized spacial score (nSPS) is 16.8. The number of hydrogen-bond donors (Lipinski definition) is 2. The van der Waals surface area contributed by atoms with Gasteiger partial charge >= 0.3 is 0 Å². The molecule has 7 heteroatoms. The van der Waals surface area contributed by atoms with Gasteiger partial charge in [0.25, 0.3) is 5.91 Å². The Balaban J connectivity index is 1.43. The minimum atomic E-state index is -0.282. The Morgan fingerprint density at radius 1 is 1.00 bits per heavy atom. The van der Waals surface area contributed by atoms with Crippen LogP contribution >= 0.6 is 0 Å². The Morgan fingerprint density at radius 2 is 1.81 bits per heavy atom. The van der Waals surface area contributed by atoms with Crippen LogP contribution in [0.15, 0.2) is 30.6 Å². The minimum Gasteiger partial charge on any atom is -0.486 e. The van der Waals surface area contributed by atoms with E-state index in [1.165, 1.54) is 25.6 Å². The maximum absolute atomic E-state index is 12.5. The average molecular weight is 354 g/mol. The van der Waals surface area contributed by atoms with E-state index < -0.39 is 0 Å². The number of aromatic nitrogens is 2. The molecule has 2 heterocycles. The maximum atomic E-state index is 12.5. The van der Waals surface area contributed by atoms with Crippen molar-refractivity contribution in [3.63, 3.8) is 0 Å². The van der Waals surface area contributed by atoms with Gasteiger partial charge in [-0.3, -0.25) is 4.79 Å².